The van der Waals surface area contributed by atoms with Gasteiger partial charge in [-0.1, -0.05) is 30.3 Å². The fourth-order valence-electron chi connectivity index (χ4n) is 6.28. The van der Waals surface area contributed by atoms with Crippen molar-refractivity contribution < 1.29 is 4.79 Å². The van der Waals surface area contributed by atoms with Gasteiger partial charge in [0.05, 0.1) is 10.8 Å². The van der Waals surface area contributed by atoms with Crippen molar-refractivity contribution in [1.82, 2.24) is 5.43 Å². The van der Waals surface area contributed by atoms with Gasteiger partial charge in [0.1, 0.15) is 4.33 Å². The molecule has 26 heavy (non-hydrogen) atoms. The van der Waals surface area contributed by atoms with E-state index in [1.54, 1.807) is 6.21 Å². The summed E-state index contributed by atoms with van der Waals surface area (Å²) in [6.45, 7) is 0. The van der Waals surface area contributed by atoms with E-state index in [0.29, 0.717) is 6.42 Å². The summed E-state index contributed by atoms with van der Waals surface area (Å²) in [5.41, 5.74) is 3.20. The summed E-state index contributed by atoms with van der Waals surface area (Å²) in [6.07, 6.45) is 9.47. The van der Waals surface area contributed by atoms with Gasteiger partial charge in [0, 0.05) is 6.21 Å². The number of carbonyl (C=O) groups is 1. The first-order valence-electron chi connectivity index (χ1n) is 9.71. The van der Waals surface area contributed by atoms with Crippen molar-refractivity contribution in [2.45, 2.75) is 54.7 Å². The number of alkyl halides is 2. The van der Waals surface area contributed by atoms with Gasteiger partial charge in [0.15, 0.2) is 0 Å². The van der Waals surface area contributed by atoms with Gasteiger partial charge in [0.25, 0.3) is 0 Å². The molecule has 1 N–H and O–H groups in total. The van der Waals surface area contributed by atoms with E-state index in [4.69, 9.17) is 23.2 Å². The van der Waals surface area contributed by atoms with Gasteiger partial charge in [-0.25, -0.2) is 5.43 Å². The first kappa shape index (κ1) is 17.1. The molecule has 1 atom stereocenters. The average Bonchev–Trinajstić information content (AvgIpc) is 3.16. The molecule has 1 aromatic rings. The van der Waals surface area contributed by atoms with Crippen molar-refractivity contribution >= 4 is 35.3 Å². The Morgan fingerprint density at radius 1 is 1.04 bits per heavy atom. The zero-order valence-electron chi connectivity index (χ0n) is 14.8. The van der Waals surface area contributed by atoms with E-state index in [1.165, 1.54) is 19.3 Å². The number of halogens is 2. The molecule has 138 valence electrons. The molecule has 0 saturated heterocycles. The van der Waals surface area contributed by atoms with Crippen LogP contribution in [0, 0.1) is 23.2 Å². The minimum Gasteiger partial charge on any atom is -0.273 e. The zero-order valence-corrected chi connectivity index (χ0v) is 16.3. The third-order valence-electron chi connectivity index (χ3n) is 7.29. The van der Waals surface area contributed by atoms with E-state index in [0.717, 1.165) is 42.6 Å². The summed E-state index contributed by atoms with van der Waals surface area (Å²) < 4.78 is -0.858. The van der Waals surface area contributed by atoms with E-state index in [2.05, 4.69) is 10.5 Å². The van der Waals surface area contributed by atoms with Crippen molar-refractivity contribution in [2.75, 3.05) is 0 Å². The molecule has 1 unspecified atom stereocenters. The summed E-state index contributed by atoms with van der Waals surface area (Å²) in [5, 5.41) is 4.34. The van der Waals surface area contributed by atoms with Gasteiger partial charge in [0.2, 0.25) is 5.91 Å². The molecule has 5 aliphatic carbocycles. The maximum absolute atomic E-state index is 13.0. The summed E-state index contributed by atoms with van der Waals surface area (Å²) in [6, 6.07) is 9.94. The molecular formula is C21H24Cl2N2O. The average molecular weight is 391 g/mol. The highest BCUT2D eigenvalue weighted by atomic mass is 35.5. The number of hydrazone groups is 1. The minimum absolute atomic E-state index is 0.103. The molecule has 0 radical (unpaired) electrons. The molecular weight excluding hydrogens is 367 g/mol. The Morgan fingerprint density at radius 2 is 1.58 bits per heavy atom. The SMILES string of the molecule is O=C(N/N=C/C1(c2ccccc2)CC1(Cl)Cl)C12CC3CC(CC(C3)C1)C2. The van der Waals surface area contributed by atoms with Crippen molar-refractivity contribution in [3.8, 4) is 0 Å². The number of nitrogens with zero attached hydrogens (tertiary/aromatic N) is 1. The minimum atomic E-state index is -0.858. The number of benzene rings is 1. The van der Waals surface area contributed by atoms with Crippen molar-refractivity contribution in [3.05, 3.63) is 35.9 Å². The van der Waals surface area contributed by atoms with Gasteiger partial charge in [-0.05, 0) is 68.3 Å². The third kappa shape index (κ3) is 2.54. The topological polar surface area (TPSA) is 41.5 Å². The van der Waals surface area contributed by atoms with Crippen LogP contribution in [0.3, 0.4) is 0 Å². The normalized spacial score (nSPS) is 42.2. The lowest BCUT2D eigenvalue weighted by molar-refractivity contribution is -0.146. The Kier molecular flexibility index (Phi) is 3.75. The standard InChI is InChI=1S/C21H24Cl2N2O/c22-21(23)12-20(21,17-4-2-1-3-5-17)13-24-25-18(26)19-9-14-6-15(10-19)8-16(7-14)11-19/h1-5,13-16H,6-12H2,(H,25,26)/b24-13+. The number of nitrogens with one attached hydrogen (secondary N) is 1. The first-order chi connectivity index (χ1) is 12.4. The molecule has 5 aliphatic rings. The highest BCUT2D eigenvalue weighted by molar-refractivity contribution is 6.53. The second-order valence-corrected chi connectivity index (χ2v) is 10.6. The van der Waals surface area contributed by atoms with E-state index < -0.39 is 9.75 Å². The molecule has 1 amide bonds. The zero-order chi connectivity index (χ0) is 18.0. The molecule has 3 nitrogen and oxygen atoms in total. The first-order valence-corrected chi connectivity index (χ1v) is 10.5. The molecule has 0 heterocycles. The van der Waals surface area contributed by atoms with Crippen LogP contribution in [-0.2, 0) is 10.2 Å². The van der Waals surface area contributed by atoms with E-state index in [-0.39, 0.29) is 11.3 Å². The fourth-order valence-corrected chi connectivity index (χ4v) is 7.02. The van der Waals surface area contributed by atoms with E-state index >= 15 is 0 Å². The van der Waals surface area contributed by atoms with E-state index in [1.807, 2.05) is 30.3 Å². The lowest BCUT2D eigenvalue weighted by atomic mass is 9.49. The number of amides is 1. The summed E-state index contributed by atoms with van der Waals surface area (Å²) in [4.78, 5) is 13.0. The van der Waals surface area contributed by atoms with Gasteiger partial charge >= 0.3 is 0 Å². The summed E-state index contributed by atoms with van der Waals surface area (Å²) in [5.74, 6) is 2.33. The number of hydrogen-bond acceptors (Lipinski definition) is 2. The van der Waals surface area contributed by atoms with Crippen molar-refractivity contribution in [3.63, 3.8) is 0 Å². The second kappa shape index (κ2) is 5.72. The molecule has 5 fully saturated rings. The molecule has 1 aromatic carbocycles. The van der Waals surface area contributed by atoms with Crippen LogP contribution < -0.4 is 5.43 Å². The predicted molar refractivity (Wildman–Crippen MR) is 104 cm³/mol. The molecule has 6 rings (SSSR count). The van der Waals surface area contributed by atoms with Crippen LogP contribution in [0.5, 0.6) is 0 Å². The smallest absolute Gasteiger partial charge is 0.246 e. The van der Waals surface area contributed by atoms with Gasteiger partial charge in [-0.3, -0.25) is 4.79 Å². The Morgan fingerprint density at radius 3 is 2.08 bits per heavy atom. The summed E-state index contributed by atoms with van der Waals surface area (Å²) in [7, 11) is 0. The molecule has 0 aliphatic heterocycles. The van der Waals surface area contributed by atoms with Crippen LogP contribution in [0.4, 0.5) is 0 Å². The second-order valence-electron chi connectivity index (χ2n) is 9.12. The number of carbonyl (C=O) groups excluding carboxylic acids is 1. The lowest BCUT2D eigenvalue weighted by Crippen LogP contribution is -2.52. The number of rotatable bonds is 4. The van der Waals surface area contributed by atoms with Gasteiger partial charge in [-0.15, -0.1) is 23.2 Å². The quantitative estimate of drug-likeness (QED) is 0.446. The Hall–Kier alpha value is -1.06. The Bertz CT molecular complexity index is 725. The van der Waals surface area contributed by atoms with Crippen LogP contribution in [0.15, 0.2) is 35.4 Å². The highest BCUT2D eigenvalue weighted by Crippen LogP contribution is 2.64. The maximum atomic E-state index is 13.0. The van der Waals surface area contributed by atoms with Gasteiger partial charge < -0.3 is 0 Å². The Balaban J connectivity index is 1.32. The monoisotopic (exact) mass is 390 g/mol. The van der Waals surface area contributed by atoms with Crippen LogP contribution in [0.1, 0.15) is 50.5 Å². The molecule has 4 bridgehead atoms. The Labute approximate surface area is 164 Å². The third-order valence-corrected chi connectivity index (χ3v) is 8.23. The predicted octanol–water partition coefficient (Wildman–Crippen LogP) is 4.82. The van der Waals surface area contributed by atoms with Crippen molar-refractivity contribution in [2.24, 2.45) is 28.3 Å². The molecule has 0 aromatic heterocycles. The maximum Gasteiger partial charge on any atom is 0.246 e. The molecule has 5 heteroatoms. The molecule has 0 spiro atoms. The molecule has 5 saturated carbocycles. The lowest BCUT2D eigenvalue weighted by Gasteiger charge is -2.55. The largest absolute Gasteiger partial charge is 0.273 e. The summed E-state index contributed by atoms with van der Waals surface area (Å²) >= 11 is 12.9. The number of hydrogen-bond donors (Lipinski definition) is 1. The van der Waals surface area contributed by atoms with Crippen LogP contribution >= 0.6 is 23.2 Å². The van der Waals surface area contributed by atoms with Crippen molar-refractivity contribution in [1.29, 1.82) is 0 Å². The van der Waals surface area contributed by atoms with Crippen LogP contribution in [-0.4, -0.2) is 16.5 Å². The highest BCUT2D eigenvalue weighted by Gasteiger charge is 2.66. The van der Waals surface area contributed by atoms with Crippen LogP contribution in [0.25, 0.3) is 0 Å². The van der Waals surface area contributed by atoms with E-state index in [9.17, 15) is 4.79 Å². The van der Waals surface area contributed by atoms with Crippen LogP contribution in [0.2, 0.25) is 0 Å². The van der Waals surface area contributed by atoms with Gasteiger partial charge in [-0.2, -0.15) is 5.10 Å². The fraction of sp³-hybridized carbons (Fsp3) is 0.619.